The van der Waals surface area contributed by atoms with Crippen LogP contribution in [0.3, 0.4) is 0 Å². The van der Waals surface area contributed by atoms with E-state index in [0.717, 1.165) is 68.6 Å². The van der Waals surface area contributed by atoms with Crippen LogP contribution < -0.4 is 25.8 Å². The summed E-state index contributed by atoms with van der Waals surface area (Å²) in [6.45, 7) is 3.19. The van der Waals surface area contributed by atoms with E-state index in [1.807, 2.05) is 29.2 Å². The van der Waals surface area contributed by atoms with Gasteiger partial charge in [-0.3, -0.25) is 24.6 Å². The van der Waals surface area contributed by atoms with Gasteiger partial charge in [0.2, 0.25) is 11.8 Å². The lowest BCUT2D eigenvalue weighted by Crippen LogP contribution is -2.47. The number of halogens is 4. The van der Waals surface area contributed by atoms with Gasteiger partial charge in [-0.25, -0.2) is 4.39 Å². The predicted octanol–water partition coefficient (Wildman–Crippen LogP) is 7.50. The normalized spacial score (nSPS) is 19.2. The first-order chi connectivity index (χ1) is 26.4. The number of likely N-dealkylation sites (tertiary alicyclic amines) is 1. The monoisotopic (exact) mass is 761 g/mol. The molecule has 4 aromatic rings. The molecule has 1 atom stereocenters. The Balaban J connectivity index is 0.908. The van der Waals surface area contributed by atoms with Crippen molar-refractivity contribution in [3.63, 3.8) is 0 Å². The summed E-state index contributed by atoms with van der Waals surface area (Å²) in [5.74, 6) is 0.202. The quantitative estimate of drug-likeness (QED) is 0.128. The van der Waals surface area contributed by atoms with Crippen molar-refractivity contribution in [1.82, 2.24) is 14.8 Å². The lowest BCUT2D eigenvalue weighted by Gasteiger charge is -2.36. The van der Waals surface area contributed by atoms with Gasteiger partial charge in [0.15, 0.2) is 0 Å². The molecule has 1 unspecified atom stereocenters. The minimum Gasteiger partial charge on any atom is -0.496 e. The van der Waals surface area contributed by atoms with Crippen molar-refractivity contribution < 1.29 is 31.9 Å². The molecular weight excluding hydrogens is 714 g/mol. The first-order valence-electron chi connectivity index (χ1n) is 19.1. The number of imide groups is 1. The number of nitrogens with zero attached hydrogens (tertiary/aromatic N) is 3. The van der Waals surface area contributed by atoms with E-state index < -0.39 is 23.7 Å². The summed E-state index contributed by atoms with van der Waals surface area (Å²) in [5.41, 5.74) is 1.42. The van der Waals surface area contributed by atoms with Crippen LogP contribution in [0.5, 0.6) is 5.75 Å². The lowest BCUT2D eigenvalue weighted by molar-refractivity contribution is -0.137. The molecule has 7 rings (SSSR count). The summed E-state index contributed by atoms with van der Waals surface area (Å²) >= 11 is 0. The van der Waals surface area contributed by atoms with Crippen molar-refractivity contribution in [1.29, 1.82) is 0 Å². The van der Waals surface area contributed by atoms with Crippen LogP contribution in [-0.4, -0.2) is 60.6 Å². The van der Waals surface area contributed by atoms with Crippen LogP contribution >= 0.6 is 0 Å². The number of alkyl halides is 3. The average Bonchev–Trinajstić information content (AvgIpc) is 3.17. The Hall–Kier alpha value is -4.91. The fourth-order valence-electron chi connectivity index (χ4n) is 8.50. The van der Waals surface area contributed by atoms with E-state index in [1.54, 1.807) is 32.5 Å². The van der Waals surface area contributed by atoms with Crippen molar-refractivity contribution >= 4 is 34.0 Å². The third kappa shape index (κ3) is 8.51. The van der Waals surface area contributed by atoms with Crippen LogP contribution in [0, 0.1) is 17.7 Å². The Bertz CT molecular complexity index is 2120. The van der Waals surface area contributed by atoms with Gasteiger partial charge in [-0.05, 0) is 104 Å². The number of hydrogen-bond donors (Lipinski definition) is 2. The van der Waals surface area contributed by atoms with Crippen molar-refractivity contribution in [3.8, 4) is 16.9 Å². The molecule has 9 nitrogen and oxygen atoms in total. The van der Waals surface area contributed by atoms with Crippen molar-refractivity contribution in [2.24, 2.45) is 18.9 Å². The summed E-state index contributed by atoms with van der Waals surface area (Å²) in [5, 5.41) is 6.43. The molecule has 4 heterocycles. The number of carbonyl (C=O) groups is 2. The smallest absolute Gasteiger partial charge is 0.418 e. The summed E-state index contributed by atoms with van der Waals surface area (Å²) in [6.07, 6.45) is 3.25. The Morgan fingerprint density at radius 1 is 0.873 bits per heavy atom. The first kappa shape index (κ1) is 38.4. The highest BCUT2D eigenvalue weighted by Crippen LogP contribution is 2.41. The van der Waals surface area contributed by atoms with E-state index in [9.17, 15) is 27.6 Å². The molecule has 13 heteroatoms. The highest BCUT2D eigenvalue weighted by molar-refractivity contribution is 6.01. The van der Waals surface area contributed by atoms with Crippen molar-refractivity contribution in [2.45, 2.75) is 70.1 Å². The second-order valence-electron chi connectivity index (χ2n) is 15.2. The maximum absolute atomic E-state index is 15.8. The van der Waals surface area contributed by atoms with Crippen LogP contribution in [0.4, 0.5) is 28.9 Å². The summed E-state index contributed by atoms with van der Waals surface area (Å²) in [6, 6.07) is 14.1. The number of hydrogen-bond acceptors (Lipinski definition) is 7. The maximum Gasteiger partial charge on any atom is 0.418 e. The molecule has 55 heavy (non-hydrogen) atoms. The molecule has 1 aromatic heterocycles. The third-order valence-electron chi connectivity index (χ3n) is 11.7. The Morgan fingerprint density at radius 3 is 2.20 bits per heavy atom. The second kappa shape index (κ2) is 16.1. The van der Waals surface area contributed by atoms with Crippen LogP contribution in [-0.2, 0) is 29.4 Å². The van der Waals surface area contributed by atoms with Gasteiger partial charge in [0.05, 0.1) is 12.7 Å². The van der Waals surface area contributed by atoms with E-state index in [1.165, 1.54) is 16.7 Å². The van der Waals surface area contributed by atoms with Crippen LogP contribution in [0.1, 0.15) is 62.5 Å². The number of amides is 2. The van der Waals surface area contributed by atoms with E-state index in [2.05, 4.69) is 15.5 Å². The molecular formula is C42H47F4N5O4. The molecule has 0 saturated carbocycles. The number of piperidine rings is 3. The summed E-state index contributed by atoms with van der Waals surface area (Å²) in [7, 11) is 3.24. The molecule has 0 bridgehead atoms. The second-order valence-corrected chi connectivity index (χ2v) is 15.2. The number of ether oxygens (including phenoxy) is 1. The fourth-order valence-corrected chi connectivity index (χ4v) is 8.50. The number of benzene rings is 3. The van der Waals surface area contributed by atoms with Gasteiger partial charge >= 0.3 is 6.18 Å². The molecule has 2 N–H and O–H groups in total. The molecule has 292 valence electrons. The highest BCUT2D eigenvalue weighted by atomic mass is 19.4. The van der Waals surface area contributed by atoms with Crippen molar-refractivity contribution in [3.05, 3.63) is 88.1 Å². The van der Waals surface area contributed by atoms with Crippen LogP contribution in [0.25, 0.3) is 21.9 Å². The maximum atomic E-state index is 15.8. The molecule has 3 aliphatic rings. The fraction of sp³-hybridized carbons (Fsp3) is 0.452. The largest absolute Gasteiger partial charge is 0.496 e. The zero-order valence-electron chi connectivity index (χ0n) is 31.2. The van der Waals surface area contributed by atoms with Gasteiger partial charge in [-0.1, -0.05) is 31.0 Å². The number of aryl methyl sites for hydroxylation is 1. The minimum atomic E-state index is -4.57. The van der Waals surface area contributed by atoms with E-state index in [4.69, 9.17) is 4.74 Å². The number of anilines is 2. The molecule has 0 spiro atoms. The van der Waals surface area contributed by atoms with Crippen molar-refractivity contribution in [2.75, 3.05) is 43.5 Å². The van der Waals surface area contributed by atoms with Gasteiger partial charge in [-0.2, -0.15) is 13.2 Å². The van der Waals surface area contributed by atoms with Gasteiger partial charge in [0, 0.05) is 67.2 Å². The van der Waals surface area contributed by atoms with E-state index in [0.29, 0.717) is 53.7 Å². The minimum absolute atomic E-state index is 0.109. The molecule has 0 radical (unpaired) electrons. The lowest BCUT2D eigenvalue weighted by atomic mass is 9.85. The number of fused-ring (bicyclic) bond motifs is 1. The topological polar surface area (TPSA) is 95.9 Å². The predicted molar refractivity (Wildman–Crippen MR) is 205 cm³/mol. The Morgan fingerprint density at radius 2 is 1.55 bits per heavy atom. The molecule has 2 amide bonds. The van der Waals surface area contributed by atoms with E-state index in [-0.39, 0.29) is 41.5 Å². The molecule has 3 aliphatic heterocycles. The molecule has 3 aromatic carbocycles. The standard InChI is InChI=1S/C42H47F4N5O4/c1-49-24-32(30-5-3-4-6-31(30)41(49)54)28-21-35(43)33(38(22-28)55-2)25-50-17-13-26(14-18-50)7-8-27-15-19-51(20-16-27)37-11-9-29(23-34(37)42(44,45)46)47-36-10-12-39(52)48-40(36)53/h3-6,9,11,21-24,26-27,36,47H,7-8,10,12-20,25H2,1-2H3,(H,48,52,53). The summed E-state index contributed by atoms with van der Waals surface area (Å²) < 4.78 is 65.7. The number of methoxy groups -OCH3 is 1. The average molecular weight is 762 g/mol. The number of pyridine rings is 1. The SMILES string of the molecule is COc1cc(-c2cn(C)c(=O)c3ccccc23)cc(F)c1CN1CCC(CCC2CCN(c3ccc(NC4CCC(=O)NC4=O)cc3C(F)(F)F)CC2)CC1. The van der Waals surface area contributed by atoms with Crippen LogP contribution in [0.15, 0.2) is 65.6 Å². The molecule has 0 aliphatic carbocycles. The Labute approximate surface area is 317 Å². The zero-order valence-corrected chi connectivity index (χ0v) is 31.2. The molecule has 3 fully saturated rings. The number of nitrogens with one attached hydrogen (secondary N) is 2. The van der Waals surface area contributed by atoms with E-state index >= 15 is 4.39 Å². The zero-order chi connectivity index (χ0) is 38.9. The van der Waals surface area contributed by atoms with Gasteiger partial charge < -0.3 is 19.5 Å². The number of carbonyl (C=O) groups excluding carboxylic acids is 2. The van der Waals surface area contributed by atoms with Gasteiger partial charge in [-0.15, -0.1) is 0 Å². The number of rotatable bonds is 10. The summed E-state index contributed by atoms with van der Waals surface area (Å²) in [4.78, 5) is 40.4. The molecule has 3 saturated heterocycles. The highest BCUT2D eigenvalue weighted by Gasteiger charge is 2.37. The van der Waals surface area contributed by atoms with Gasteiger partial charge in [0.25, 0.3) is 5.56 Å². The third-order valence-corrected chi connectivity index (χ3v) is 11.7. The number of aromatic nitrogens is 1. The van der Waals surface area contributed by atoms with Crippen LogP contribution in [0.2, 0.25) is 0 Å². The Kier molecular flexibility index (Phi) is 11.2. The first-order valence-corrected chi connectivity index (χ1v) is 19.1. The van der Waals surface area contributed by atoms with Gasteiger partial charge in [0.1, 0.15) is 17.6 Å².